The molecule has 1 aromatic heterocycles. The van der Waals surface area contributed by atoms with Gasteiger partial charge >= 0.3 is 6.09 Å². The summed E-state index contributed by atoms with van der Waals surface area (Å²) >= 11 is 0. The van der Waals surface area contributed by atoms with Gasteiger partial charge in [-0.2, -0.15) is 0 Å². The molecule has 6 nitrogen and oxygen atoms in total. The Bertz CT molecular complexity index is 1230. The van der Waals surface area contributed by atoms with Gasteiger partial charge in [-0.25, -0.2) is 4.79 Å². The van der Waals surface area contributed by atoms with Gasteiger partial charge in [-0.15, -0.1) is 0 Å². The van der Waals surface area contributed by atoms with Crippen molar-refractivity contribution in [3.63, 3.8) is 0 Å². The quantitative estimate of drug-likeness (QED) is 0.504. The number of pyridine rings is 1. The van der Waals surface area contributed by atoms with E-state index in [1.54, 1.807) is 12.3 Å². The number of Topliss-reactive ketones (excluding diaryl/α,β-unsaturated/α-hetero) is 1. The van der Waals surface area contributed by atoms with Gasteiger partial charge in [-0.3, -0.25) is 14.7 Å². The molecule has 1 amide bonds. The van der Waals surface area contributed by atoms with E-state index in [0.29, 0.717) is 38.2 Å². The highest BCUT2D eigenvalue weighted by Crippen LogP contribution is 2.44. The van der Waals surface area contributed by atoms with Crippen LogP contribution in [0.2, 0.25) is 0 Å². The summed E-state index contributed by atoms with van der Waals surface area (Å²) < 4.78 is 11.7. The number of morpholine rings is 1. The van der Waals surface area contributed by atoms with E-state index in [4.69, 9.17) is 9.47 Å². The maximum absolute atomic E-state index is 13.3. The summed E-state index contributed by atoms with van der Waals surface area (Å²) in [5.74, 6) is 0.0180. The van der Waals surface area contributed by atoms with Crippen LogP contribution in [0.5, 0.6) is 0 Å². The standard InChI is InChI=1S/C29H28N2O4/c1-18-12-19(10-11-30-18)28(32)20-13-21-15-34-16-22(14-20)31(21)29(33)35-17-27-25-8-4-2-6-23(25)24-7-3-5-9-26(24)27/h2-12,20-22,27H,13-17H2,1H3. The minimum absolute atomic E-state index is 0.0245. The highest BCUT2D eigenvalue weighted by atomic mass is 16.6. The Morgan fingerprint density at radius 1 is 0.971 bits per heavy atom. The molecule has 3 heterocycles. The van der Waals surface area contributed by atoms with Gasteiger partial charge in [0.2, 0.25) is 0 Å². The summed E-state index contributed by atoms with van der Waals surface area (Å²) in [5, 5.41) is 0. The summed E-state index contributed by atoms with van der Waals surface area (Å²) in [6.45, 7) is 3.04. The van der Waals surface area contributed by atoms with Gasteiger partial charge in [-0.05, 0) is 54.2 Å². The molecule has 6 rings (SSSR count). The molecule has 2 atom stereocenters. The molecule has 2 unspecified atom stereocenters. The molecular formula is C29H28N2O4. The average Bonchev–Trinajstić information content (AvgIpc) is 3.20. The summed E-state index contributed by atoms with van der Waals surface area (Å²) in [6.07, 6.45) is 2.54. The predicted molar refractivity (Wildman–Crippen MR) is 131 cm³/mol. The lowest BCUT2D eigenvalue weighted by Crippen LogP contribution is -2.60. The van der Waals surface area contributed by atoms with Gasteiger partial charge in [0.1, 0.15) is 6.61 Å². The fourth-order valence-corrected chi connectivity index (χ4v) is 6.03. The third kappa shape index (κ3) is 3.92. The molecule has 0 saturated carbocycles. The van der Waals surface area contributed by atoms with Gasteiger partial charge in [-0.1, -0.05) is 48.5 Å². The predicted octanol–water partition coefficient (Wildman–Crippen LogP) is 5.00. The second-order valence-corrected chi connectivity index (χ2v) is 9.77. The molecule has 178 valence electrons. The van der Waals surface area contributed by atoms with Crippen LogP contribution in [0, 0.1) is 12.8 Å². The molecule has 0 spiro atoms. The van der Waals surface area contributed by atoms with Crippen molar-refractivity contribution in [1.29, 1.82) is 0 Å². The number of carbonyl (C=O) groups is 2. The number of hydrogen-bond acceptors (Lipinski definition) is 5. The van der Waals surface area contributed by atoms with Crippen molar-refractivity contribution in [1.82, 2.24) is 9.88 Å². The van der Waals surface area contributed by atoms with E-state index in [9.17, 15) is 9.59 Å². The van der Waals surface area contributed by atoms with Crippen molar-refractivity contribution in [2.45, 2.75) is 37.8 Å². The van der Waals surface area contributed by atoms with E-state index in [1.807, 2.05) is 42.2 Å². The number of piperidine rings is 1. The second kappa shape index (κ2) is 8.93. The van der Waals surface area contributed by atoms with E-state index in [1.165, 1.54) is 22.3 Å². The third-order valence-electron chi connectivity index (χ3n) is 7.62. The minimum Gasteiger partial charge on any atom is -0.448 e. The molecule has 35 heavy (non-hydrogen) atoms. The Morgan fingerprint density at radius 2 is 1.60 bits per heavy atom. The van der Waals surface area contributed by atoms with Gasteiger partial charge in [0, 0.05) is 29.3 Å². The minimum atomic E-state index is -0.309. The number of ether oxygens (including phenoxy) is 2. The number of ketones is 1. The molecule has 6 heteroatoms. The number of rotatable bonds is 4. The lowest BCUT2D eigenvalue weighted by atomic mass is 9.81. The Morgan fingerprint density at radius 3 is 2.23 bits per heavy atom. The van der Waals surface area contributed by atoms with E-state index in [-0.39, 0.29) is 35.8 Å². The van der Waals surface area contributed by atoms with E-state index >= 15 is 0 Å². The number of fused-ring (bicyclic) bond motifs is 5. The highest BCUT2D eigenvalue weighted by Gasteiger charge is 2.45. The van der Waals surface area contributed by atoms with Gasteiger partial charge in [0.25, 0.3) is 0 Å². The van der Waals surface area contributed by atoms with Crippen LogP contribution in [0.15, 0.2) is 66.9 Å². The number of carbonyl (C=O) groups excluding carboxylic acids is 2. The lowest BCUT2D eigenvalue weighted by molar-refractivity contribution is -0.0747. The highest BCUT2D eigenvalue weighted by molar-refractivity contribution is 5.98. The van der Waals surface area contributed by atoms with Crippen LogP contribution >= 0.6 is 0 Å². The van der Waals surface area contributed by atoms with E-state index < -0.39 is 0 Å². The largest absolute Gasteiger partial charge is 0.448 e. The molecule has 0 N–H and O–H groups in total. The normalized spacial score (nSPS) is 22.9. The first-order valence-corrected chi connectivity index (χ1v) is 12.3. The lowest BCUT2D eigenvalue weighted by Gasteiger charge is -2.47. The summed E-state index contributed by atoms with van der Waals surface area (Å²) in [5.41, 5.74) is 6.33. The smallest absolute Gasteiger partial charge is 0.410 e. The van der Waals surface area contributed by atoms with Crippen molar-refractivity contribution in [3.8, 4) is 11.1 Å². The second-order valence-electron chi connectivity index (χ2n) is 9.77. The van der Waals surface area contributed by atoms with Crippen LogP contribution in [0.3, 0.4) is 0 Å². The summed E-state index contributed by atoms with van der Waals surface area (Å²) in [6, 6.07) is 20.0. The zero-order valence-electron chi connectivity index (χ0n) is 19.7. The number of nitrogens with zero attached hydrogens (tertiary/aromatic N) is 2. The maximum atomic E-state index is 13.3. The maximum Gasteiger partial charge on any atom is 0.410 e. The zero-order chi connectivity index (χ0) is 23.9. The fraction of sp³-hybridized carbons (Fsp3) is 0.345. The van der Waals surface area contributed by atoms with Gasteiger partial charge in [0.05, 0.1) is 25.3 Å². The molecular weight excluding hydrogens is 440 g/mol. The van der Waals surface area contributed by atoms with Gasteiger partial charge < -0.3 is 9.47 Å². The molecule has 3 aliphatic rings. The van der Waals surface area contributed by atoms with Crippen LogP contribution in [0.25, 0.3) is 11.1 Å². The third-order valence-corrected chi connectivity index (χ3v) is 7.62. The van der Waals surface area contributed by atoms with Crippen LogP contribution in [-0.4, -0.2) is 53.7 Å². The van der Waals surface area contributed by atoms with Crippen LogP contribution in [-0.2, 0) is 9.47 Å². The van der Waals surface area contributed by atoms with Crippen molar-refractivity contribution in [2.24, 2.45) is 5.92 Å². The Labute approximate surface area is 204 Å². The van der Waals surface area contributed by atoms with Crippen LogP contribution in [0.4, 0.5) is 4.79 Å². The molecule has 1 aliphatic carbocycles. The van der Waals surface area contributed by atoms with Gasteiger partial charge in [0.15, 0.2) is 5.78 Å². The van der Waals surface area contributed by atoms with E-state index in [2.05, 4.69) is 29.2 Å². The number of aryl methyl sites for hydroxylation is 1. The average molecular weight is 469 g/mol. The number of aromatic nitrogens is 1. The molecule has 2 fully saturated rings. The molecule has 2 aromatic carbocycles. The number of hydrogen-bond donors (Lipinski definition) is 0. The fourth-order valence-electron chi connectivity index (χ4n) is 6.03. The van der Waals surface area contributed by atoms with Crippen molar-refractivity contribution in [2.75, 3.05) is 19.8 Å². The first-order valence-electron chi connectivity index (χ1n) is 12.3. The van der Waals surface area contributed by atoms with Crippen molar-refractivity contribution in [3.05, 3.63) is 89.2 Å². The number of benzene rings is 2. The topological polar surface area (TPSA) is 68.7 Å². The van der Waals surface area contributed by atoms with E-state index in [0.717, 1.165) is 5.69 Å². The van der Waals surface area contributed by atoms with Crippen LogP contribution in [0.1, 0.15) is 45.9 Å². The Balaban J connectivity index is 1.17. The summed E-state index contributed by atoms with van der Waals surface area (Å²) in [7, 11) is 0. The monoisotopic (exact) mass is 468 g/mol. The molecule has 2 saturated heterocycles. The number of amides is 1. The zero-order valence-corrected chi connectivity index (χ0v) is 19.7. The first-order chi connectivity index (χ1) is 17.1. The summed E-state index contributed by atoms with van der Waals surface area (Å²) in [4.78, 5) is 32.6. The molecule has 2 aliphatic heterocycles. The Kier molecular flexibility index (Phi) is 5.61. The van der Waals surface area contributed by atoms with Crippen molar-refractivity contribution >= 4 is 11.9 Å². The SMILES string of the molecule is Cc1cc(C(=O)C2CC3COCC(C2)N3C(=O)OCC2c3ccccc3-c3ccccc32)ccn1. The van der Waals surface area contributed by atoms with Crippen LogP contribution < -0.4 is 0 Å². The first kappa shape index (κ1) is 22.0. The molecule has 0 radical (unpaired) electrons. The molecule has 3 aromatic rings. The Hall–Kier alpha value is -3.51. The molecule has 2 bridgehead atoms. The van der Waals surface area contributed by atoms with Crippen molar-refractivity contribution < 1.29 is 19.1 Å².